The second-order valence-corrected chi connectivity index (χ2v) is 5.41. The molecule has 1 aliphatic heterocycles. The number of pyridine rings is 1. The van der Waals surface area contributed by atoms with Crippen LogP contribution in [-0.2, 0) is 16.6 Å². The molecule has 0 radical (unpaired) electrons. The van der Waals surface area contributed by atoms with Gasteiger partial charge in [-0.2, -0.15) is 4.98 Å². The summed E-state index contributed by atoms with van der Waals surface area (Å²) in [6, 6.07) is 1.92. The van der Waals surface area contributed by atoms with Gasteiger partial charge in [0.25, 0.3) is 0 Å². The molecule has 1 saturated heterocycles. The standard InChI is InChI=1S/C15H20N4O2/c1-2-11-9-17-6-3-12(11)13-18-14(21-19-13)15(10-16)4-7-20-8-5-15/h3,6,9H,2,4-5,7-8,10,16H2,1H3. The molecule has 0 atom stereocenters. The predicted molar refractivity (Wildman–Crippen MR) is 77.7 cm³/mol. The average Bonchev–Trinajstić information content (AvgIpc) is 3.06. The molecule has 0 spiro atoms. The highest BCUT2D eigenvalue weighted by Crippen LogP contribution is 2.34. The average molecular weight is 288 g/mol. The zero-order valence-electron chi connectivity index (χ0n) is 12.2. The molecule has 0 bridgehead atoms. The van der Waals surface area contributed by atoms with Crippen LogP contribution >= 0.6 is 0 Å². The van der Waals surface area contributed by atoms with Crippen molar-refractivity contribution in [2.24, 2.45) is 5.73 Å². The number of nitrogens with two attached hydrogens (primary N) is 1. The third kappa shape index (κ3) is 2.56. The van der Waals surface area contributed by atoms with Crippen LogP contribution < -0.4 is 5.73 Å². The Balaban J connectivity index is 1.96. The van der Waals surface area contributed by atoms with E-state index in [0.29, 0.717) is 31.5 Å². The highest BCUT2D eigenvalue weighted by Gasteiger charge is 2.38. The Morgan fingerprint density at radius 2 is 2.14 bits per heavy atom. The lowest BCUT2D eigenvalue weighted by Gasteiger charge is -2.32. The fourth-order valence-corrected chi connectivity index (χ4v) is 2.74. The van der Waals surface area contributed by atoms with E-state index in [1.807, 2.05) is 12.3 Å². The van der Waals surface area contributed by atoms with E-state index < -0.39 is 0 Å². The van der Waals surface area contributed by atoms with Gasteiger partial charge in [0.1, 0.15) is 0 Å². The molecule has 2 aromatic rings. The fraction of sp³-hybridized carbons (Fsp3) is 0.533. The third-order valence-corrected chi connectivity index (χ3v) is 4.25. The number of rotatable bonds is 4. The summed E-state index contributed by atoms with van der Waals surface area (Å²) < 4.78 is 11.0. The van der Waals surface area contributed by atoms with E-state index in [4.69, 9.17) is 15.0 Å². The van der Waals surface area contributed by atoms with Crippen molar-refractivity contribution < 1.29 is 9.26 Å². The minimum absolute atomic E-state index is 0.247. The number of aromatic nitrogens is 3. The molecule has 0 aromatic carbocycles. The molecule has 3 heterocycles. The number of aryl methyl sites for hydroxylation is 1. The van der Waals surface area contributed by atoms with Gasteiger partial charge in [0, 0.05) is 37.7 Å². The van der Waals surface area contributed by atoms with Crippen molar-refractivity contribution in [1.29, 1.82) is 0 Å². The molecular formula is C15H20N4O2. The Labute approximate surface area is 123 Å². The fourth-order valence-electron chi connectivity index (χ4n) is 2.74. The van der Waals surface area contributed by atoms with Gasteiger partial charge in [-0.3, -0.25) is 4.98 Å². The first-order chi connectivity index (χ1) is 10.3. The smallest absolute Gasteiger partial charge is 0.234 e. The van der Waals surface area contributed by atoms with Crippen molar-refractivity contribution in [1.82, 2.24) is 15.1 Å². The van der Waals surface area contributed by atoms with Gasteiger partial charge in [-0.25, -0.2) is 0 Å². The number of nitrogens with zero attached hydrogens (tertiary/aromatic N) is 3. The maximum Gasteiger partial charge on any atom is 0.234 e. The summed E-state index contributed by atoms with van der Waals surface area (Å²) in [5.74, 6) is 1.24. The third-order valence-electron chi connectivity index (χ3n) is 4.25. The molecule has 1 fully saturated rings. The summed E-state index contributed by atoms with van der Waals surface area (Å²) >= 11 is 0. The predicted octanol–water partition coefficient (Wildman–Crippen LogP) is 1.70. The Hall–Kier alpha value is -1.79. The summed E-state index contributed by atoms with van der Waals surface area (Å²) in [5.41, 5.74) is 7.82. The molecule has 0 aliphatic carbocycles. The zero-order chi connectivity index (χ0) is 14.7. The molecule has 0 unspecified atom stereocenters. The number of hydrogen-bond donors (Lipinski definition) is 1. The van der Waals surface area contributed by atoms with Crippen LogP contribution in [0.1, 0.15) is 31.2 Å². The van der Waals surface area contributed by atoms with Crippen LogP contribution in [0.25, 0.3) is 11.4 Å². The molecule has 0 saturated carbocycles. The van der Waals surface area contributed by atoms with Crippen molar-refractivity contribution >= 4 is 0 Å². The van der Waals surface area contributed by atoms with Crippen LogP contribution in [0.15, 0.2) is 23.0 Å². The van der Waals surface area contributed by atoms with Gasteiger partial charge in [0.05, 0.1) is 5.41 Å². The van der Waals surface area contributed by atoms with E-state index in [1.165, 1.54) is 0 Å². The highest BCUT2D eigenvalue weighted by molar-refractivity contribution is 5.58. The quantitative estimate of drug-likeness (QED) is 0.921. The molecule has 2 aromatic heterocycles. The Morgan fingerprint density at radius 3 is 2.86 bits per heavy atom. The summed E-state index contributed by atoms with van der Waals surface area (Å²) in [4.78, 5) is 8.76. The first-order valence-corrected chi connectivity index (χ1v) is 7.34. The Morgan fingerprint density at radius 1 is 1.33 bits per heavy atom. The van der Waals surface area contributed by atoms with Gasteiger partial charge < -0.3 is 15.0 Å². The van der Waals surface area contributed by atoms with Crippen molar-refractivity contribution in [3.8, 4) is 11.4 Å². The van der Waals surface area contributed by atoms with Crippen molar-refractivity contribution in [2.45, 2.75) is 31.6 Å². The number of hydrogen-bond acceptors (Lipinski definition) is 6. The monoisotopic (exact) mass is 288 g/mol. The Bertz CT molecular complexity index is 605. The summed E-state index contributed by atoms with van der Waals surface area (Å²) in [5, 5.41) is 4.15. The van der Waals surface area contributed by atoms with Gasteiger partial charge in [-0.1, -0.05) is 12.1 Å². The van der Waals surface area contributed by atoms with E-state index in [1.54, 1.807) is 6.20 Å². The SMILES string of the molecule is CCc1cnccc1-c1noc(C2(CN)CCOCC2)n1. The van der Waals surface area contributed by atoms with Crippen LogP contribution in [-0.4, -0.2) is 34.9 Å². The van der Waals surface area contributed by atoms with Gasteiger partial charge in [-0.15, -0.1) is 0 Å². The van der Waals surface area contributed by atoms with Crippen LogP contribution in [0.5, 0.6) is 0 Å². The van der Waals surface area contributed by atoms with Gasteiger partial charge in [0.2, 0.25) is 11.7 Å². The first kappa shape index (κ1) is 14.2. The first-order valence-electron chi connectivity index (χ1n) is 7.34. The van der Waals surface area contributed by atoms with Crippen LogP contribution in [0.2, 0.25) is 0 Å². The summed E-state index contributed by atoms with van der Waals surface area (Å²) in [7, 11) is 0. The second kappa shape index (κ2) is 5.91. The largest absolute Gasteiger partial charge is 0.381 e. The van der Waals surface area contributed by atoms with Crippen LogP contribution in [0, 0.1) is 0 Å². The number of ether oxygens (including phenoxy) is 1. The minimum atomic E-state index is -0.247. The zero-order valence-corrected chi connectivity index (χ0v) is 12.2. The highest BCUT2D eigenvalue weighted by atomic mass is 16.5. The minimum Gasteiger partial charge on any atom is -0.381 e. The van der Waals surface area contributed by atoms with E-state index in [-0.39, 0.29) is 5.41 Å². The molecule has 112 valence electrons. The molecule has 6 nitrogen and oxygen atoms in total. The van der Waals surface area contributed by atoms with E-state index in [2.05, 4.69) is 22.0 Å². The van der Waals surface area contributed by atoms with E-state index in [9.17, 15) is 0 Å². The lowest BCUT2D eigenvalue weighted by atomic mass is 9.80. The van der Waals surface area contributed by atoms with Gasteiger partial charge in [-0.05, 0) is 30.9 Å². The Kier molecular flexibility index (Phi) is 3.98. The lowest BCUT2D eigenvalue weighted by molar-refractivity contribution is 0.0409. The van der Waals surface area contributed by atoms with Gasteiger partial charge >= 0.3 is 0 Å². The topological polar surface area (TPSA) is 87.1 Å². The maximum atomic E-state index is 5.98. The van der Waals surface area contributed by atoms with E-state index in [0.717, 1.165) is 30.4 Å². The van der Waals surface area contributed by atoms with Crippen molar-refractivity contribution in [3.63, 3.8) is 0 Å². The van der Waals surface area contributed by atoms with Crippen LogP contribution in [0.4, 0.5) is 0 Å². The molecule has 0 amide bonds. The van der Waals surface area contributed by atoms with Crippen LogP contribution in [0.3, 0.4) is 0 Å². The van der Waals surface area contributed by atoms with Gasteiger partial charge in [0.15, 0.2) is 0 Å². The molecule has 2 N–H and O–H groups in total. The lowest BCUT2D eigenvalue weighted by Crippen LogP contribution is -2.40. The normalized spacial score (nSPS) is 17.8. The molecule has 3 rings (SSSR count). The van der Waals surface area contributed by atoms with E-state index >= 15 is 0 Å². The summed E-state index contributed by atoms with van der Waals surface area (Å²) in [6.45, 7) is 3.95. The molecule has 21 heavy (non-hydrogen) atoms. The molecular weight excluding hydrogens is 268 g/mol. The second-order valence-electron chi connectivity index (χ2n) is 5.41. The van der Waals surface area contributed by atoms with Crippen molar-refractivity contribution in [2.75, 3.05) is 19.8 Å². The summed E-state index contributed by atoms with van der Waals surface area (Å²) in [6.07, 6.45) is 6.11. The molecule has 6 heteroatoms. The van der Waals surface area contributed by atoms with Crippen molar-refractivity contribution in [3.05, 3.63) is 29.9 Å². The maximum absolute atomic E-state index is 5.98. The molecule has 1 aliphatic rings.